The largest absolute Gasteiger partial charge is 0.354 e. The number of aromatic nitrogens is 1. The lowest BCUT2D eigenvalue weighted by molar-refractivity contribution is -0.125. The molecule has 0 spiro atoms. The zero-order valence-corrected chi connectivity index (χ0v) is 13.2. The number of likely N-dealkylation sites (N-methyl/N-ethyl adjacent to an activating group) is 1. The molecule has 1 heterocycles. The number of carbonyl (C=O) groups excluding carboxylic acids is 1. The van der Waals surface area contributed by atoms with E-state index in [4.69, 9.17) is 0 Å². The molecule has 0 saturated carbocycles. The van der Waals surface area contributed by atoms with Gasteiger partial charge in [0.2, 0.25) is 5.91 Å². The van der Waals surface area contributed by atoms with Gasteiger partial charge in [0.25, 0.3) is 0 Å². The van der Waals surface area contributed by atoms with Crippen LogP contribution >= 0.6 is 0 Å². The second kappa shape index (κ2) is 7.22. The van der Waals surface area contributed by atoms with Crippen LogP contribution in [0.1, 0.15) is 17.3 Å². The molecule has 1 N–H and O–H groups in total. The Morgan fingerprint density at radius 3 is 2.50 bits per heavy atom. The Kier molecular flexibility index (Phi) is 5.33. The quantitative estimate of drug-likeness (QED) is 0.887. The highest BCUT2D eigenvalue weighted by molar-refractivity contribution is 5.83. The molecule has 5 heteroatoms. The Morgan fingerprint density at radius 1 is 1.27 bits per heavy atom. The van der Waals surface area contributed by atoms with Crippen LogP contribution in [0.15, 0.2) is 42.6 Å². The van der Waals surface area contributed by atoms with Crippen molar-refractivity contribution in [3.8, 4) is 0 Å². The topological polar surface area (TPSA) is 37.3 Å². The SMILES string of the molecule is CN(C)C(C(=O)NCCc1cccn1C)c1ccc(F)cc1. The molecule has 0 aliphatic heterocycles. The van der Waals surface area contributed by atoms with E-state index in [9.17, 15) is 9.18 Å². The van der Waals surface area contributed by atoms with Gasteiger partial charge in [-0.05, 0) is 43.9 Å². The minimum Gasteiger partial charge on any atom is -0.354 e. The van der Waals surface area contributed by atoms with Gasteiger partial charge in [0.15, 0.2) is 0 Å². The Labute approximate surface area is 130 Å². The highest BCUT2D eigenvalue weighted by atomic mass is 19.1. The van der Waals surface area contributed by atoms with Gasteiger partial charge in [0.1, 0.15) is 11.9 Å². The molecule has 118 valence electrons. The standard InChI is InChI=1S/C17H22FN3O/c1-20(2)16(13-6-8-14(18)9-7-13)17(22)19-11-10-15-5-4-12-21(15)3/h4-9,12,16H,10-11H2,1-3H3,(H,19,22). The molecule has 0 bridgehead atoms. The highest BCUT2D eigenvalue weighted by Crippen LogP contribution is 2.18. The van der Waals surface area contributed by atoms with E-state index in [1.807, 2.05) is 48.9 Å². The predicted molar refractivity (Wildman–Crippen MR) is 85.0 cm³/mol. The minimum atomic E-state index is -0.422. The molecule has 2 rings (SSSR count). The lowest BCUT2D eigenvalue weighted by Crippen LogP contribution is -2.38. The van der Waals surface area contributed by atoms with Gasteiger partial charge in [-0.25, -0.2) is 4.39 Å². The molecule has 22 heavy (non-hydrogen) atoms. The molecule has 1 atom stereocenters. The molecule has 0 saturated heterocycles. The summed E-state index contributed by atoms with van der Waals surface area (Å²) in [5.41, 5.74) is 1.95. The molecule has 1 unspecified atom stereocenters. The van der Waals surface area contributed by atoms with Gasteiger partial charge in [-0.15, -0.1) is 0 Å². The van der Waals surface area contributed by atoms with Crippen LogP contribution < -0.4 is 5.32 Å². The van der Waals surface area contributed by atoms with Gasteiger partial charge in [0.05, 0.1) is 0 Å². The van der Waals surface area contributed by atoms with Crippen molar-refractivity contribution in [2.24, 2.45) is 7.05 Å². The molecule has 0 aliphatic rings. The van der Waals surface area contributed by atoms with E-state index >= 15 is 0 Å². The summed E-state index contributed by atoms with van der Waals surface area (Å²) in [5.74, 6) is -0.379. The van der Waals surface area contributed by atoms with Crippen molar-refractivity contribution in [2.75, 3.05) is 20.6 Å². The summed E-state index contributed by atoms with van der Waals surface area (Å²) >= 11 is 0. The fraction of sp³-hybridized carbons (Fsp3) is 0.353. The maximum absolute atomic E-state index is 13.0. The van der Waals surface area contributed by atoms with Gasteiger partial charge in [0, 0.05) is 31.9 Å². The van der Waals surface area contributed by atoms with E-state index in [0.717, 1.165) is 12.0 Å². The van der Waals surface area contributed by atoms with Crippen LogP contribution in [-0.4, -0.2) is 36.0 Å². The van der Waals surface area contributed by atoms with Crippen LogP contribution in [0.25, 0.3) is 0 Å². The summed E-state index contributed by atoms with van der Waals surface area (Å²) in [4.78, 5) is 14.3. The summed E-state index contributed by atoms with van der Waals surface area (Å²) in [7, 11) is 5.66. The van der Waals surface area contributed by atoms with Gasteiger partial charge in [-0.2, -0.15) is 0 Å². The zero-order valence-electron chi connectivity index (χ0n) is 13.2. The number of amides is 1. The average molecular weight is 303 g/mol. The van der Waals surface area contributed by atoms with E-state index in [1.54, 1.807) is 12.1 Å². The van der Waals surface area contributed by atoms with Gasteiger partial charge >= 0.3 is 0 Å². The van der Waals surface area contributed by atoms with E-state index in [1.165, 1.54) is 17.8 Å². The molecule has 4 nitrogen and oxygen atoms in total. The van der Waals surface area contributed by atoms with Crippen LogP contribution in [0.4, 0.5) is 4.39 Å². The number of aryl methyl sites for hydroxylation is 1. The maximum atomic E-state index is 13.0. The van der Waals surface area contributed by atoms with Gasteiger partial charge < -0.3 is 9.88 Å². The highest BCUT2D eigenvalue weighted by Gasteiger charge is 2.22. The van der Waals surface area contributed by atoms with Crippen molar-refractivity contribution >= 4 is 5.91 Å². The summed E-state index contributed by atoms with van der Waals surface area (Å²) in [5, 5.41) is 2.96. The fourth-order valence-corrected chi connectivity index (χ4v) is 2.50. The van der Waals surface area contributed by atoms with E-state index in [2.05, 4.69) is 5.32 Å². The third-order valence-corrected chi connectivity index (χ3v) is 3.68. The van der Waals surface area contributed by atoms with Crippen LogP contribution in [-0.2, 0) is 18.3 Å². The summed E-state index contributed by atoms with van der Waals surface area (Å²) in [6.45, 7) is 0.572. The molecular formula is C17H22FN3O. The minimum absolute atomic E-state index is 0.0779. The van der Waals surface area contributed by atoms with Gasteiger partial charge in [-0.1, -0.05) is 12.1 Å². The van der Waals surface area contributed by atoms with E-state index < -0.39 is 6.04 Å². The zero-order chi connectivity index (χ0) is 16.1. The Bertz CT molecular complexity index is 619. The third-order valence-electron chi connectivity index (χ3n) is 3.68. The molecule has 0 aliphatic carbocycles. The van der Waals surface area contributed by atoms with E-state index in [-0.39, 0.29) is 11.7 Å². The smallest absolute Gasteiger partial charge is 0.241 e. The second-order valence-electron chi connectivity index (χ2n) is 5.57. The first-order valence-electron chi connectivity index (χ1n) is 7.29. The number of hydrogen-bond acceptors (Lipinski definition) is 2. The maximum Gasteiger partial charge on any atom is 0.241 e. The molecule has 1 aromatic heterocycles. The van der Waals surface area contributed by atoms with Crippen molar-refractivity contribution in [3.05, 3.63) is 59.7 Å². The molecule has 1 amide bonds. The van der Waals surface area contributed by atoms with Crippen molar-refractivity contribution in [2.45, 2.75) is 12.5 Å². The average Bonchev–Trinajstić information content (AvgIpc) is 2.86. The van der Waals surface area contributed by atoms with Crippen LogP contribution in [0, 0.1) is 5.82 Å². The summed E-state index contributed by atoms with van der Waals surface area (Å²) in [6, 6.07) is 9.65. The van der Waals surface area contributed by atoms with Crippen molar-refractivity contribution < 1.29 is 9.18 Å². The first-order chi connectivity index (χ1) is 10.5. The first kappa shape index (κ1) is 16.2. The second-order valence-corrected chi connectivity index (χ2v) is 5.57. The molecule has 2 aromatic rings. The van der Waals surface area contributed by atoms with E-state index in [0.29, 0.717) is 6.54 Å². The number of rotatable bonds is 6. The Morgan fingerprint density at radius 2 is 1.95 bits per heavy atom. The molecule has 0 radical (unpaired) electrons. The third kappa shape index (κ3) is 3.95. The number of carbonyl (C=O) groups is 1. The van der Waals surface area contributed by atoms with Crippen molar-refractivity contribution in [1.82, 2.24) is 14.8 Å². The number of hydrogen-bond donors (Lipinski definition) is 1. The number of halogens is 1. The first-order valence-corrected chi connectivity index (χ1v) is 7.29. The van der Waals surface area contributed by atoms with Crippen molar-refractivity contribution in [3.63, 3.8) is 0 Å². The van der Waals surface area contributed by atoms with Gasteiger partial charge in [-0.3, -0.25) is 9.69 Å². The lowest BCUT2D eigenvalue weighted by atomic mass is 10.1. The Balaban J connectivity index is 1.98. The normalized spacial score (nSPS) is 12.4. The summed E-state index contributed by atoms with van der Waals surface area (Å²) in [6.07, 6.45) is 2.76. The molecule has 0 fully saturated rings. The monoisotopic (exact) mass is 303 g/mol. The van der Waals surface area contributed by atoms with Crippen molar-refractivity contribution in [1.29, 1.82) is 0 Å². The molecule has 1 aromatic carbocycles. The van der Waals surface area contributed by atoms with Crippen LogP contribution in [0.5, 0.6) is 0 Å². The summed E-state index contributed by atoms with van der Waals surface area (Å²) < 4.78 is 15.1. The lowest BCUT2D eigenvalue weighted by Gasteiger charge is -2.24. The number of benzene rings is 1. The number of nitrogens with zero attached hydrogens (tertiary/aromatic N) is 2. The molecular weight excluding hydrogens is 281 g/mol. The van der Waals surface area contributed by atoms with Crippen LogP contribution in [0.2, 0.25) is 0 Å². The number of nitrogens with one attached hydrogen (secondary N) is 1. The Hall–Kier alpha value is -2.14. The fourth-order valence-electron chi connectivity index (χ4n) is 2.50. The van der Waals surface area contributed by atoms with Crippen LogP contribution in [0.3, 0.4) is 0 Å². The predicted octanol–water partition coefficient (Wildman–Crippen LogP) is 2.13.